The van der Waals surface area contributed by atoms with E-state index in [1.54, 1.807) is 31.1 Å². The number of para-hydroxylation sites is 1. The summed E-state index contributed by atoms with van der Waals surface area (Å²) in [5.74, 6) is 0.220. The smallest absolute Gasteiger partial charge is 0.331 e. The van der Waals surface area contributed by atoms with Gasteiger partial charge < -0.3 is 14.4 Å². The maximum Gasteiger partial charge on any atom is 0.331 e. The lowest BCUT2D eigenvalue weighted by atomic mass is 9.95. The fraction of sp³-hybridized carbons (Fsp3) is 0.304. The number of hydrogen-bond donors (Lipinski definition) is 0. The number of hydrogen-bond acceptors (Lipinski definition) is 4. The molecule has 0 aliphatic rings. The number of esters is 1. The molecule has 0 atom stereocenters. The molecule has 0 bridgehead atoms. The zero-order chi connectivity index (χ0) is 20.5. The Morgan fingerprint density at radius 1 is 0.929 bits per heavy atom. The van der Waals surface area contributed by atoms with E-state index in [9.17, 15) is 9.59 Å². The fourth-order valence-electron chi connectivity index (χ4n) is 2.97. The third-order valence-corrected chi connectivity index (χ3v) is 4.44. The van der Waals surface area contributed by atoms with Crippen LogP contribution >= 0.6 is 0 Å². The van der Waals surface area contributed by atoms with Gasteiger partial charge in [0.05, 0.1) is 13.7 Å². The Labute approximate surface area is 166 Å². The molecule has 0 saturated heterocycles. The Balaban J connectivity index is 2.47. The van der Waals surface area contributed by atoms with Crippen molar-refractivity contribution in [3.8, 4) is 5.75 Å². The third-order valence-electron chi connectivity index (χ3n) is 4.44. The summed E-state index contributed by atoms with van der Waals surface area (Å²) in [6.07, 6.45) is 1.46. The van der Waals surface area contributed by atoms with Gasteiger partial charge in [-0.2, -0.15) is 0 Å². The van der Waals surface area contributed by atoms with Crippen LogP contribution in [0.3, 0.4) is 0 Å². The van der Waals surface area contributed by atoms with Crippen LogP contribution in [0.15, 0.2) is 54.6 Å². The lowest BCUT2D eigenvalue weighted by molar-refractivity contribution is -0.137. The molecule has 28 heavy (non-hydrogen) atoms. The summed E-state index contributed by atoms with van der Waals surface area (Å²) in [6.45, 7) is 7.29. The highest BCUT2D eigenvalue weighted by molar-refractivity contribution is 5.98. The van der Waals surface area contributed by atoms with E-state index >= 15 is 0 Å². The van der Waals surface area contributed by atoms with Crippen LogP contribution in [0.1, 0.15) is 42.3 Å². The van der Waals surface area contributed by atoms with Crippen molar-refractivity contribution < 1.29 is 19.1 Å². The van der Waals surface area contributed by atoms with Crippen LogP contribution in [-0.4, -0.2) is 43.6 Å². The van der Waals surface area contributed by atoms with Crippen molar-refractivity contribution in [1.29, 1.82) is 0 Å². The molecule has 0 aliphatic heterocycles. The Morgan fingerprint density at radius 3 is 2.11 bits per heavy atom. The van der Waals surface area contributed by atoms with Crippen LogP contribution in [0, 0.1) is 0 Å². The number of rotatable bonds is 8. The molecule has 2 aromatic rings. The van der Waals surface area contributed by atoms with Gasteiger partial charge in [0.2, 0.25) is 0 Å². The first-order valence-corrected chi connectivity index (χ1v) is 9.47. The highest BCUT2D eigenvalue weighted by Crippen LogP contribution is 2.31. The summed E-state index contributed by atoms with van der Waals surface area (Å²) < 4.78 is 10.6. The number of amides is 1. The second-order valence-electron chi connectivity index (χ2n) is 6.07. The van der Waals surface area contributed by atoms with Crippen molar-refractivity contribution in [2.45, 2.75) is 20.8 Å². The van der Waals surface area contributed by atoms with E-state index in [1.165, 1.54) is 6.08 Å². The maximum atomic E-state index is 12.5. The first-order chi connectivity index (χ1) is 13.5. The minimum absolute atomic E-state index is 0.00948. The average Bonchev–Trinajstić information content (AvgIpc) is 2.73. The average molecular weight is 381 g/mol. The second kappa shape index (κ2) is 10.3. The summed E-state index contributed by atoms with van der Waals surface area (Å²) >= 11 is 0. The summed E-state index contributed by atoms with van der Waals surface area (Å²) in [5, 5.41) is 0. The molecule has 1 amide bonds. The highest BCUT2D eigenvalue weighted by atomic mass is 16.5. The van der Waals surface area contributed by atoms with Gasteiger partial charge in [0.15, 0.2) is 0 Å². The van der Waals surface area contributed by atoms with E-state index in [0.717, 1.165) is 11.1 Å². The van der Waals surface area contributed by atoms with Gasteiger partial charge in [-0.15, -0.1) is 0 Å². The molecular weight excluding hydrogens is 354 g/mol. The van der Waals surface area contributed by atoms with Crippen molar-refractivity contribution in [3.05, 3.63) is 71.3 Å². The molecule has 2 rings (SSSR count). The molecule has 0 radical (unpaired) electrons. The van der Waals surface area contributed by atoms with E-state index in [2.05, 4.69) is 0 Å². The summed E-state index contributed by atoms with van der Waals surface area (Å²) in [7, 11) is 1.59. The van der Waals surface area contributed by atoms with Gasteiger partial charge in [-0.25, -0.2) is 4.79 Å². The summed E-state index contributed by atoms with van der Waals surface area (Å²) in [5.41, 5.74) is 2.87. The number of carbonyl (C=O) groups excluding carboxylic acids is 2. The van der Waals surface area contributed by atoms with E-state index in [0.29, 0.717) is 36.6 Å². The standard InChI is InChI=1S/C23H27NO4/c1-5-24(6-2)23(26)18-14-12-17(13-15-18)20(16-22(25)28-7-3)19-10-8-9-11-21(19)27-4/h8-16H,5-7H2,1-4H3. The van der Waals surface area contributed by atoms with Crippen molar-refractivity contribution in [2.75, 3.05) is 26.8 Å². The van der Waals surface area contributed by atoms with Crippen molar-refractivity contribution in [3.63, 3.8) is 0 Å². The Morgan fingerprint density at radius 2 is 1.54 bits per heavy atom. The number of benzene rings is 2. The van der Waals surface area contributed by atoms with Gasteiger partial charge in [0, 0.05) is 30.3 Å². The fourth-order valence-corrected chi connectivity index (χ4v) is 2.97. The highest BCUT2D eigenvalue weighted by Gasteiger charge is 2.16. The topological polar surface area (TPSA) is 55.8 Å². The molecule has 148 valence electrons. The first kappa shape index (κ1) is 21.2. The van der Waals surface area contributed by atoms with Crippen molar-refractivity contribution >= 4 is 17.4 Å². The monoisotopic (exact) mass is 381 g/mol. The number of carbonyl (C=O) groups is 2. The maximum absolute atomic E-state index is 12.5. The predicted octanol–water partition coefficient (Wildman–Crippen LogP) is 4.17. The van der Waals surface area contributed by atoms with Crippen LogP contribution in [0.4, 0.5) is 0 Å². The van der Waals surface area contributed by atoms with E-state index in [4.69, 9.17) is 9.47 Å². The van der Waals surface area contributed by atoms with Crippen LogP contribution < -0.4 is 4.74 Å². The van der Waals surface area contributed by atoms with Crippen LogP contribution in [0.5, 0.6) is 5.75 Å². The minimum atomic E-state index is -0.424. The Hall–Kier alpha value is -3.08. The van der Waals surface area contributed by atoms with Gasteiger partial charge >= 0.3 is 5.97 Å². The summed E-state index contributed by atoms with van der Waals surface area (Å²) in [4.78, 5) is 26.4. The number of methoxy groups -OCH3 is 1. The van der Waals surface area contributed by atoms with Gasteiger partial charge in [-0.1, -0.05) is 30.3 Å². The Kier molecular flexibility index (Phi) is 7.81. The van der Waals surface area contributed by atoms with E-state index < -0.39 is 5.97 Å². The molecule has 5 nitrogen and oxygen atoms in total. The molecule has 0 fully saturated rings. The minimum Gasteiger partial charge on any atom is -0.496 e. The van der Waals surface area contributed by atoms with Crippen LogP contribution in [-0.2, 0) is 9.53 Å². The van der Waals surface area contributed by atoms with Gasteiger partial charge in [0.1, 0.15) is 5.75 Å². The van der Waals surface area contributed by atoms with Crippen molar-refractivity contribution in [2.24, 2.45) is 0 Å². The summed E-state index contributed by atoms with van der Waals surface area (Å²) in [6, 6.07) is 14.7. The predicted molar refractivity (Wildman–Crippen MR) is 110 cm³/mol. The zero-order valence-corrected chi connectivity index (χ0v) is 16.9. The third kappa shape index (κ3) is 5.00. The van der Waals surface area contributed by atoms with Crippen molar-refractivity contribution in [1.82, 2.24) is 4.90 Å². The first-order valence-electron chi connectivity index (χ1n) is 9.47. The van der Waals surface area contributed by atoms with Crippen LogP contribution in [0.25, 0.3) is 5.57 Å². The molecule has 0 unspecified atom stereocenters. The SMILES string of the molecule is CCOC(=O)C=C(c1ccc(C(=O)N(CC)CC)cc1)c1ccccc1OC. The van der Waals surface area contributed by atoms with Gasteiger partial charge in [-0.05, 0) is 50.1 Å². The lowest BCUT2D eigenvalue weighted by Gasteiger charge is -2.19. The lowest BCUT2D eigenvalue weighted by Crippen LogP contribution is -2.30. The van der Waals surface area contributed by atoms with E-state index in [1.807, 2.05) is 50.2 Å². The number of nitrogens with zero attached hydrogens (tertiary/aromatic N) is 1. The van der Waals surface area contributed by atoms with E-state index in [-0.39, 0.29) is 5.91 Å². The molecule has 0 aromatic heterocycles. The molecule has 0 aliphatic carbocycles. The number of ether oxygens (including phenoxy) is 2. The molecule has 0 heterocycles. The quantitative estimate of drug-likeness (QED) is 0.509. The molecular formula is C23H27NO4. The second-order valence-corrected chi connectivity index (χ2v) is 6.07. The molecule has 5 heteroatoms. The van der Waals surface area contributed by atoms with Crippen LogP contribution in [0.2, 0.25) is 0 Å². The molecule has 0 N–H and O–H groups in total. The molecule has 2 aromatic carbocycles. The normalized spacial score (nSPS) is 11.1. The zero-order valence-electron chi connectivity index (χ0n) is 16.9. The largest absolute Gasteiger partial charge is 0.496 e. The van der Waals surface area contributed by atoms with Gasteiger partial charge in [-0.3, -0.25) is 4.79 Å². The van der Waals surface area contributed by atoms with Gasteiger partial charge in [0.25, 0.3) is 5.91 Å². The Bertz CT molecular complexity index is 836. The molecule has 0 spiro atoms. The molecule has 0 saturated carbocycles.